The van der Waals surface area contributed by atoms with Gasteiger partial charge in [0, 0.05) is 16.3 Å². The summed E-state index contributed by atoms with van der Waals surface area (Å²) in [6.07, 6.45) is -2.37. The Kier molecular flexibility index (Phi) is 7.28. The number of thiocarbonyl (C=S) groups is 1. The first-order valence-electron chi connectivity index (χ1n) is 8.58. The molecule has 0 aromatic heterocycles. The van der Waals surface area contributed by atoms with Gasteiger partial charge in [-0.15, -0.1) is 0 Å². The molecule has 3 N–H and O–H groups in total. The summed E-state index contributed by atoms with van der Waals surface area (Å²) >= 11 is 11.4. The van der Waals surface area contributed by atoms with Gasteiger partial charge in [0.05, 0.1) is 6.19 Å². The molecule has 0 bridgehead atoms. The number of nitrogens with one attached hydrogen (secondary N) is 3. The highest BCUT2D eigenvalue weighted by molar-refractivity contribution is 8.20. The standard InChI is InChI=1S/C20H18F2N3OPS2/c21-19(22)26-16-13-11-15(12-14-16)23-20(28)24-25-27(29,17-7-3-1-4-8-17)18-9-5-2-6-10-18/h1-14,19H,(H,25,29)(H2,23,24,28). The SMILES string of the molecule is FC(F)Oc1ccc(NC(=S)NNP(=S)(c2ccccc2)c2ccccc2)cc1. The highest BCUT2D eigenvalue weighted by Crippen LogP contribution is 2.37. The summed E-state index contributed by atoms with van der Waals surface area (Å²) in [6, 6.07) is 25.7. The van der Waals surface area contributed by atoms with Crippen LogP contribution < -0.4 is 31.3 Å². The average molecular weight is 449 g/mol. The largest absolute Gasteiger partial charge is 0.435 e. The molecule has 0 aliphatic rings. The lowest BCUT2D eigenvalue weighted by atomic mass is 10.3. The molecule has 0 saturated carbocycles. The van der Waals surface area contributed by atoms with Crippen LogP contribution in [0.4, 0.5) is 14.5 Å². The first kappa shape index (κ1) is 21.3. The molecule has 0 spiro atoms. The van der Waals surface area contributed by atoms with Crippen molar-refractivity contribution in [1.82, 2.24) is 10.6 Å². The third kappa shape index (κ3) is 5.81. The molecule has 9 heteroatoms. The predicted molar refractivity (Wildman–Crippen MR) is 122 cm³/mol. The molecular weight excluding hydrogens is 431 g/mol. The Labute approximate surface area is 178 Å². The molecule has 0 saturated heterocycles. The molecule has 150 valence electrons. The minimum atomic E-state index is -2.86. The Hall–Kier alpha value is -2.38. The third-order valence-electron chi connectivity index (χ3n) is 3.90. The van der Waals surface area contributed by atoms with Crippen LogP contribution in [0.5, 0.6) is 5.75 Å². The quantitative estimate of drug-likeness (QED) is 0.287. The van der Waals surface area contributed by atoms with E-state index in [1.807, 2.05) is 60.7 Å². The maximum atomic E-state index is 12.2. The predicted octanol–water partition coefficient (Wildman–Crippen LogP) is 4.12. The molecule has 0 radical (unpaired) electrons. The van der Waals surface area contributed by atoms with Crippen LogP contribution in [0.3, 0.4) is 0 Å². The number of rotatable bonds is 7. The summed E-state index contributed by atoms with van der Waals surface area (Å²) in [5.41, 5.74) is 3.60. The maximum Gasteiger partial charge on any atom is 0.387 e. The Morgan fingerprint density at radius 3 is 1.83 bits per heavy atom. The number of benzene rings is 3. The second-order valence-electron chi connectivity index (χ2n) is 5.87. The monoisotopic (exact) mass is 449 g/mol. The van der Waals surface area contributed by atoms with Gasteiger partial charge in [-0.3, -0.25) is 5.43 Å². The smallest absolute Gasteiger partial charge is 0.387 e. The fourth-order valence-electron chi connectivity index (χ4n) is 2.57. The molecule has 3 aromatic rings. The number of hydrazine groups is 1. The van der Waals surface area contributed by atoms with Crippen molar-refractivity contribution < 1.29 is 13.5 Å². The highest BCUT2D eigenvalue weighted by atomic mass is 32.4. The Morgan fingerprint density at radius 1 is 0.828 bits per heavy atom. The van der Waals surface area contributed by atoms with Crippen LogP contribution in [0.25, 0.3) is 0 Å². The van der Waals surface area contributed by atoms with E-state index >= 15 is 0 Å². The molecule has 29 heavy (non-hydrogen) atoms. The lowest BCUT2D eigenvalue weighted by Crippen LogP contribution is -2.42. The van der Waals surface area contributed by atoms with E-state index in [4.69, 9.17) is 24.0 Å². The highest BCUT2D eigenvalue weighted by Gasteiger charge is 2.22. The summed E-state index contributed by atoms with van der Waals surface area (Å²) < 4.78 is 28.8. The zero-order valence-electron chi connectivity index (χ0n) is 15.1. The van der Waals surface area contributed by atoms with Crippen LogP contribution in [0.2, 0.25) is 0 Å². The van der Waals surface area contributed by atoms with Crippen LogP contribution in [0.1, 0.15) is 0 Å². The van der Waals surface area contributed by atoms with E-state index in [1.165, 1.54) is 12.1 Å². The van der Waals surface area contributed by atoms with Crippen molar-refractivity contribution in [3.63, 3.8) is 0 Å². The van der Waals surface area contributed by atoms with Crippen molar-refractivity contribution in [3.8, 4) is 5.75 Å². The number of hydrogen-bond acceptors (Lipinski definition) is 3. The Balaban J connectivity index is 1.70. The van der Waals surface area contributed by atoms with Crippen LogP contribution in [-0.2, 0) is 11.8 Å². The minimum absolute atomic E-state index is 0.0752. The summed E-state index contributed by atoms with van der Waals surface area (Å²) in [5.74, 6) is 0.0752. The first-order valence-corrected chi connectivity index (χ1v) is 11.8. The van der Waals surface area contributed by atoms with Gasteiger partial charge in [-0.05, 0) is 36.5 Å². The summed E-state index contributed by atoms with van der Waals surface area (Å²) in [7, 11) is 0. The van der Waals surface area contributed by atoms with Gasteiger partial charge < -0.3 is 10.1 Å². The van der Waals surface area contributed by atoms with Gasteiger partial charge >= 0.3 is 6.61 Å². The van der Waals surface area contributed by atoms with Gasteiger partial charge in [0.25, 0.3) is 0 Å². The van der Waals surface area contributed by atoms with Crippen LogP contribution in [-0.4, -0.2) is 11.7 Å². The van der Waals surface area contributed by atoms with Crippen molar-refractivity contribution in [2.24, 2.45) is 0 Å². The van der Waals surface area contributed by atoms with Crippen LogP contribution in [0, 0.1) is 0 Å². The molecule has 0 atom stereocenters. The average Bonchev–Trinajstić information content (AvgIpc) is 2.74. The van der Waals surface area contributed by atoms with Crippen LogP contribution >= 0.6 is 18.4 Å². The molecule has 4 nitrogen and oxygen atoms in total. The van der Waals surface area contributed by atoms with Gasteiger partial charge in [0.2, 0.25) is 0 Å². The number of ether oxygens (including phenoxy) is 1. The van der Waals surface area contributed by atoms with Gasteiger partial charge in [0.15, 0.2) is 5.11 Å². The molecule has 0 aliphatic heterocycles. The summed E-state index contributed by atoms with van der Waals surface area (Å²) in [5, 5.41) is 8.50. The normalized spacial score (nSPS) is 11.1. The van der Waals surface area contributed by atoms with E-state index in [2.05, 4.69) is 20.7 Å². The van der Waals surface area contributed by atoms with Crippen molar-refractivity contribution >= 4 is 51.6 Å². The zero-order valence-corrected chi connectivity index (χ0v) is 17.6. The molecule has 3 rings (SSSR count). The molecule has 0 unspecified atom stereocenters. The number of hydrogen-bond donors (Lipinski definition) is 3. The molecule has 0 fully saturated rings. The van der Waals surface area contributed by atoms with Crippen molar-refractivity contribution in [3.05, 3.63) is 84.9 Å². The van der Waals surface area contributed by atoms with Gasteiger partial charge in [0.1, 0.15) is 5.75 Å². The Bertz CT molecular complexity index is 946. The Morgan fingerprint density at radius 2 is 1.34 bits per heavy atom. The lowest BCUT2D eigenvalue weighted by molar-refractivity contribution is -0.0498. The minimum Gasteiger partial charge on any atom is -0.435 e. The summed E-state index contributed by atoms with van der Waals surface area (Å²) in [4.78, 5) is 0. The van der Waals surface area contributed by atoms with Gasteiger partial charge in [-0.25, -0.2) is 0 Å². The number of anilines is 1. The topological polar surface area (TPSA) is 45.3 Å². The van der Waals surface area contributed by atoms with E-state index in [-0.39, 0.29) is 5.75 Å². The molecule has 0 amide bonds. The number of alkyl halides is 2. The van der Waals surface area contributed by atoms with Gasteiger partial charge in [-0.1, -0.05) is 72.5 Å². The van der Waals surface area contributed by atoms with E-state index in [0.29, 0.717) is 10.8 Å². The lowest BCUT2D eigenvalue weighted by Gasteiger charge is -2.25. The molecule has 0 heterocycles. The van der Waals surface area contributed by atoms with Crippen molar-refractivity contribution in [2.45, 2.75) is 6.61 Å². The molecule has 3 aromatic carbocycles. The zero-order chi connectivity index (χ0) is 20.7. The van der Waals surface area contributed by atoms with E-state index in [0.717, 1.165) is 10.6 Å². The third-order valence-corrected chi connectivity index (χ3v) is 8.12. The van der Waals surface area contributed by atoms with Crippen molar-refractivity contribution in [1.29, 1.82) is 0 Å². The van der Waals surface area contributed by atoms with E-state index in [9.17, 15) is 8.78 Å². The maximum absolute atomic E-state index is 12.2. The van der Waals surface area contributed by atoms with Crippen LogP contribution in [0.15, 0.2) is 84.9 Å². The second kappa shape index (κ2) is 9.89. The second-order valence-corrected chi connectivity index (χ2v) is 10.4. The first-order chi connectivity index (χ1) is 14.0. The molecule has 0 aliphatic carbocycles. The molecular formula is C20H18F2N3OPS2. The fraction of sp³-hybridized carbons (Fsp3) is 0.0500. The summed E-state index contributed by atoms with van der Waals surface area (Å²) in [6.45, 7) is -2.86. The fourth-order valence-corrected chi connectivity index (χ4v) is 5.69. The van der Waals surface area contributed by atoms with E-state index < -0.39 is 12.8 Å². The van der Waals surface area contributed by atoms with Gasteiger partial charge in [-0.2, -0.15) is 14.0 Å². The number of halogens is 2. The van der Waals surface area contributed by atoms with E-state index in [1.54, 1.807) is 12.1 Å². The van der Waals surface area contributed by atoms with Crippen molar-refractivity contribution in [2.75, 3.05) is 5.32 Å².